The predicted molar refractivity (Wildman–Crippen MR) is 218 cm³/mol. The Hall–Kier alpha value is -4.93. The van der Waals surface area contributed by atoms with Gasteiger partial charge in [0.2, 0.25) is 23.6 Å². The van der Waals surface area contributed by atoms with E-state index in [-0.39, 0.29) is 19.4 Å². The molecule has 0 saturated carbocycles. The van der Waals surface area contributed by atoms with Crippen molar-refractivity contribution in [3.05, 3.63) is 35.9 Å². The van der Waals surface area contributed by atoms with Gasteiger partial charge in [-0.3, -0.25) is 28.8 Å². The zero-order chi connectivity index (χ0) is 43.5. The molecule has 0 aliphatic carbocycles. The summed E-state index contributed by atoms with van der Waals surface area (Å²) in [5.74, 6) is -3.14. The van der Waals surface area contributed by atoms with Gasteiger partial charge in [-0.15, -0.1) is 12.3 Å². The minimum absolute atomic E-state index is 0.111. The molecular formula is C44H65N5O9. The number of ether oxygens (including phenoxy) is 2. The molecule has 0 spiro atoms. The van der Waals surface area contributed by atoms with Crippen LogP contribution in [0, 0.1) is 35.5 Å². The number of hydrogen-bond acceptors (Lipinski definition) is 9. The molecule has 2 fully saturated rings. The highest BCUT2D eigenvalue weighted by Gasteiger charge is 2.46. The lowest BCUT2D eigenvalue weighted by Crippen LogP contribution is -2.59. The Kier molecular flexibility index (Phi) is 17.3. The molecule has 2 aliphatic rings. The maximum absolute atomic E-state index is 14.4. The first kappa shape index (κ1) is 47.4. The van der Waals surface area contributed by atoms with Gasteiger partial charge >= 0.3 is 11.9 Å². The molecule has 1 aromatic rings. The van der Waals surface area contributed by atoms with E-state index in [9.17, 15) is 33.6 Å². The zero-order valence-electron chi connectivity index (χ0n) is 36.0. The fourth-order valence-corrected chi connectivity index (χ4v) is 7.56. The van der Waals surface area contributed by atoms with Gasteiger partial charge in [-0.25, -0.2) is 4.79 Å². The molecule has 7 atom stereocenters. The van der Waals surface area contributed by atoms with Crippen LogP contribution in [0.1, 0.15) is 99.5 Å². The average Bonchev–Trinajstić information content (AvgIpc) is 3.68. The Morgan fingerprint density at radius 2 is 1.55 bits per heavy atom. The van der Waals surface area contributed by atoms with Crippen LogP contribution in [0.15, 0.2) is 30.3 Å². The number of carbonyl (C=O) groups excluding carboxylic acids is 7. The molecule has 320 valence electrons. The van der Waals surface area contributed by atoms with Crippen LogP contribution in [0.5, 0.6) is 0 Å². The third-order valence-corrected chi connectivity index (χ3v) is 11.6. The van der Waals surface area contributed by atoms with Gasteiger partial charge in [0.25, 0.3) is 5.91 Å². The van der Waals surface area contributed by atoms with Gasteiger partial charge in [-0.1, -0.05) is 71.9 Å². The smallest absolute Gasteiger partial charge is 0.329 e. The number of cyclic esters (lactones) is 2. The van der Waals surface area contributed by atoms with Crippen molar-refractivity contribution in [3.8, 4) is 12.3 Å². The first-order chi connectivity index (χ1) is 27.3. The topological polar surface area (TPSA) is 172 Å². The summed E-state index contributed by atoms with van der Waals surface area (Å²) in [5, 5.41) is 5.50. The maximum Gasteiger partial charge on any atom is 0.329 e. The van der Waals surface area contributed by atoms with Crippen LogP contribution < -0.4 is 10.6 Å². The summed E-state index contributed by atoms with van der Waals surface area (Å²) in [6.07, 6.45) is 5.66. The number of likely N-dealkylation sites (N-methyl/N-ethyl adjacent to an activating group) is 2. The van der Waals surface area contributed by atoms with Gasteiger partial charge in [0.15, 0.2) is 6.10 Å². The number of fused-ring (bicyclic) bond motifs is 1. The third kappa shape index (κ3) is 11.6. The second-order valence-corrected chi connectivity index (χ2v) is 16.9. The lowest BCUT2D eigenvalue weighted by molar-refractivity contribution is -0.172. The Morgan fingerprint density at radius 3 is 2.14 bits per heavy atom. The molecule has 5 amide bonds. The Labute approximate surface area is 344 Å². The van der Waals surface area contributed by atoms with Crippen molar-refractivity contribution in [1.82, 2.24) is 25.3 Å². The van der Waals surface area contributed by atoms with E-state index < -0.39 is 108 Å². The highest BCUT2D eigenvalue weighted by Crippen LogP contribution is 2.30. The number of unbranched alkanes of at least 4 members (excludes halogenated alkanes) is 1. The first-order valence-corrected chi connectivity index (χ1v) is 20.6. The number of nitrogens with one attached hydrogen (secondary N) is 2. The monoisotopic (exact) mass is 807 g/mol. The SMILES string of the molecule is C#CCCCC1OC(=O)CNC(=O)C(Cc2ccccc2)N(C)C(=O)C2CCCN2C(=O)C(C(C)CC)OC(=O)C(C(C)C)N(C)C(=O)C(C(C)C)NC(=O)C1(C)C. The Bertz CT molecular complexity index is 1670. The summed E-state index contributed by atoms with van der Waals surface area (Å²) in [7, 11) is 2.96. The first-order valence-electron chi connectivity index (χ1n) is 20.6. The van der Waals surface area contributed by atoms with Crippen LogP contribution in [0.2, 0.25) is 0 Å². The second-order valence-electron chi connectivity index (χ2n) is 16.9. The molecule has 0 radical (unpaired) electrons. The van der Waals surface area contributed by atoms with E-state index in [1.807, 2.05) is 37.3 Å². The number of benzene rings is 1. The molecule has 1 aromatic carbocycles. The molecule has 2 heterocycles. The number of carbonyl (C=O) groups is 7. The summed E-state index contributed by atoms with van der Waals surface area (Å²) < 4.78 is 12.0. The van der Waals surface area contributed by atoms with Crippen LogP contribution in [-0.2, 0) is 49.5 Å². The standard InChI is InChI=1S/C44H65N5O9/c1-12-14-16-23-33-44(8,9)43(56)46-35(27(3)4)40(53)48(11)36(28(5)6)42(55)58-37(29(7)13-2)41(54)49-24-19-22-31(49)39(52)47(10)32(25-30-20-17-15-18-21-30)38(51)45-26-34(50)57-33/h1,15,17-18,20-21,27-29,31-33,35-37H,13-14,16,19,22-26H2,2-11H3,(H,45,51)(H,46,56). The van der Waals surface area contributed by atoms with Crippen molar-refractivity contribution in [1.29, 1.82) is 0 Å². The van der Waals surface area contributed by atoms with Crippen molar-refractivity contribution < 1.29 is 43.0 Å². The second kappa shape index (κ2) is 21.2. The van der Waals surface area contributed by atoms with Crippen molar-refractivity contribution in [2.45, 2.75) is 137 Å². The van der Waals surface area contributed by atoms with Crippen molar-refractivity contribution in [2.24, 2.45) is 23.2 Å². The van der Waals surface area contributed by atoms with E-state index >= 15 is 0 Å². The molecule has 2 N–H and O–H groups in total. The highest BCUT2D eigenvalue weighted by atomic mass is 16.6. The molecule has 2 aliphatic heterocycles. The van der Waals surface area contributed by atoms with Gasteiger partial charge in [-0.2, -0.15) is 0 Å². The van der Waals surface area contributed by atoms with Crippen molar-refractivity contribution >= 4 is 41.5 Å². The Morgan fingerprint density at radius 1 is 0.897 bits per heavy atom. The number of hydrogen-bond donors (Lipinski definition) is 2. The van der Waals surface area contributed by atoms with Gasteiger partial charge in [0, 0.05) is 39.4 Å². The normalized spacial score (nSPS) is 26.5. The fourth-order valence-electron chi connectivity index (χ4n) is 7.56. The van der Waals surface area contributed by atoms with Gasteiger partial charge < -0.3 is 34.8 Å². The molecule has 0 bridgehead atoms. The van der Waals surface area contributed by atoms with E-state index in [1.54, 1.807) is 48.5 Å². The minimum Gasteiger partial charge on any atom is -0.460 e. The molecule has 2 saturated heterocycles. The van der Waals surface area contributed by atoms with Crippen molar-refractivity contribution in [3.63, 3.8) is 0 Å². The van der Waals surface area contributed by atoms with Gasteiger partial charge in [0.05, 0.1) is 5.41 Å². The van der Waals surface area contributed by atoms with Crippen LogP contribution in [0.25, 0.3) is 0 Å². The number of rotatable bonds is 9. The van der Waals surface area contributed by atoms with Gasteiger partial charge in [0.1, 0.15) is 36.8 Å². The zero-order valence-corrected chi connectivity index (χ0v) is 36.0. The summed E-state index contributed by atoms with van der Waals surface area (Å²) in [6.45, 7) is 13.6. The summed E-state index contributed by atoms with van der Waals surface area (Å²) in [5.41, 5.74) is -0.619. The van der Waals surface area contributed by atoms with E-state index in [0.29, 0.717) is 32.1 Å². The number of nitrogens with zero attached hydrogens (tertiary/aromatic N) is 3. The van der Waals surface area contributed by atoms with Crippen LogP contribution in [0.3, 0.4) is 0 Å². The molecule has 0 aromatic heterocycles. The van der Waals surface area contributed by atoms with E-state index in [0.717, 1.165) is 5.56 Å². The maximum atomic E-state index is 14.4. The number of esters is 2. The third-order valence-electron chi connectivity index (χ3n) is 11.6. The van der Waals surface area contributed by atoms with Crippen molar-refractivity contribution in [2.75, 3.05) is 27.2 Å². The molecule has 14 nitrogen and oxygen atoms in total. The van der Waals surface area contributed by atoms with Crippen LogP contribution in [-0.4, -0.2) is 120 Å². The molecule has 7 unspecified atom stereocenters. The fraction of sp³-hybridized carbons (Fsp3) is 0.659. The lowest BCUT2D eigenvalue weighted by atomic mass is 9.82. The summed E-state index contributed by atoms with van der Waals surface area (Å²) >= 11 is 0. The van der Waals surface area contributed by atoms with E-state index in [4.69, 9.17) is 15.9 Å². The predicted octanol–water partition coefficient (Wildman–Crippen LogP) is 3.50. The largest absolute Gasteiger partial charge is 0.460 e. The molecule has 3 rings (SSSR count). The quantitative estimate of drug-likeness (QED) is 0.215. The highest BCUT2D eigenvalue weighted by molar-refractivity contribution is 5.96. The van der Waals surface area contributed by atoms with Crippen LogP contribution >= 0.6 is 0 Å². The van der Waals surface area contributed by atoms with E-state index in [2.05, 4.69) is 16.6 Å². The summed E-state index contributed by atoms with van der Waals surface area (Å²) in [4.78, 5) is 103. The molecule has 14 heteroatoms. The molecular weight excluding hydrogens is 743 g/mol. The summed E-state index contributed by atoms with van der Waals surface area (Å²) in [6, 6.07) is 4.87. The molecule has 58 heavy (non-hydrogen) atoms. The average molecular weight is 808 g/mol. The lowest BCUT2D eigenvalue weighted by Gasteiger charge is -2.38. The minimum atomic E-state index is -1.38. The van der Waals surface area contributed by atoms with Crippen LogP contribution in [0.4, 0.5) is 0 Å². The number of amides is 5. The van der Waals surface area contributed by atoms with Gasteiger partial charge in [-0.05, 0) is 63.4 Å². The van der Waals surface area contributed by atoms with E-state index in [1.165, 1.54) is 28.8 Å². The Balaban J connectivity index is 2.16. The number of terminal acetylenes is 1.